The van der Waals surface area contributed by atoms with E-state index >= 15 is 0 Å². The second-order valence-corrected chi connectivity index (χ2v) is 4.88. The molecule has 1 aromatic carbocycles. The molecule has 0 bridgehead atoms. The first-order valence-corrected chi connectivity index (χ1v) is 7.07. The number of para-hydroxylation sites is 1. The number of hydrogen-bond donors (Lipinski definition) is 2. The van der Waals surface area contributed by atoms with E-state index in [1.807, 2.05) is 25.1 Å². The normalized spacial score (nSPS) is 13.6. The molecular formula is C15H21N3O2. The van der Waals surface area contributed by atoms with Crippen molar-refractivity contribution >= 4 is 17.5 Å². The van der Waals surface area contributed by atoms with Crippen LogP contribution in [0.2, 0.25) is 0 Å². The maximum absolute atomic E-state index is 11.9. The molecule has 0 spiro atoms. The molecule has 0 saturated carbocycles. The minimum absolute atomic E-state index is 0.0438. The molecule has 20 heavy (non-hydrogen) atoms. The van der Waals surface area contributed by atoms with E-state index in [0.29, 0.717) is 13.1 Å². The highest BCUT2D eigenvalue weighted by Gasteiger charge is 2.18. The third-order valence-electron chi connectivity index (χ3n) is 3.36. The van der Waals surface area contributed by atoms with Crippen LogP contribution in [0.25, 0.3) is 0 Å². The number of hydrogen-bond acceptors (Lipinski definition) is 3. The zero-order valence-corrected chi connectivity index (χ0v) is 11.8. The van der Waals surface area contributed by atoms with E-state index in [-0.39, 0.29) is 18.4 Å². The number of nitrogens with one attached hydrogen (secondary N) is 2. The SMILES string of the molecule is CCNC(=O)CNC(=O)CN1CCCc2ccccc21. The third-order valence-corrected chi connectivity index (χ3v) is 3.36. The van der Waals surface area contributed by atoms with Gasteiger partial charge >= 0.3 is 0 Å². The summed E-state index contributed by atoms with van der Waals surface area (Å²) in [6.45, 7) is 3.66. The van der Waals surface area contributed by atoms with Gasteiger partial charge in [-0.2, -0.15) is 0 Å². The Morgan fingerprint density at radius 1 is 1.20 bits per heavy atom. The number of fused-ring (bicyclic) bond motifs is 1. The van der Waals surface area contributed by atoms with Gasteiger partial charge in [-0.25, -0.2) is 0 Å². The average molecular weight is 275 g/mol. The lowest BCUT2D eigenvalue weighted by molar-refractivity contribution is -0.125. The predicted molar refractivity (Wildman–Crippen MR) is 78.7 cm³/mol. The number of likely N-dealkylation sites (N-methyl/N-ethyl adjacent to an activating group) is 1. The molecule has 0 aliphatic carbocycles. The predicted octanol–water partition coefficient (Wildman–Crippen LogP) is 0.692. The highest BCUT2D eigenvalue weighted by Crippen LogP contribution is 2.25. The van der Waals surface area contributed by atoms with Gasteiger partial charge in [-0.05, 0) is 31.4 Å². The Morgan fingerprint density at radius 2 is 2.00 bits per heavy atom. The Labute approximate surface area is 119 Å². The van der Waals surface area contributed by atoms with Crippen molar-refractivity contribution in [3.63, 3.8) is 0 Å². The highest BCUT2D eigenvalue weighted by molar-refractivity contribution is 5.87. The van der Waals surface area contributed by atoms with Crippen molar-refractivity contribution in [2.45, 2.75) is 19.8 Å². The first-order valence-electron chi connectivity index (χ1n) is 7.07. The number of aryl methyl sites for hydroxylation is 1. The van der Waals surface area contributed by atoms with Crippen molar-refractivity contribution in [2.75, 3.05) is 31.1 Å². The number of amides is 2. The van der Waals surface area contributed by atoms with Crippen LogP contribution in [-0.4, -0.2) is 38.0 Å². The van der Waals surface area contributed by atoms with Crippen molar-refractivity contribution in [3.8, 4) is 0 Å². The molecular weight excluding hydrogens is 254 g/mol. The van der Waals surface area contributed by atoms with Crippen molar-refractivity contribution in [1.29, 1.82) is 0 Å². The topological polar surface area (TPSA) is 61.4 Å². The zero-order valence-electron chi connectivity index (χ0n) is 11.8. The van der Waals surface area contributed by atoms with E-state index in [4.69, 9.17) is 0 Å². The molecule has 2 rings (SSSR count). The minimum atomic E-state index is -0.153. The van der Waals surface area contributed by atoms with E-state index in [9.17, 15) is 9.59 Å². The first-order chi connectivity index (χ1) is 9.70. The molecule has 2 amide bonds. The second-order valence-electron chi connectivity index (χ2n) is 4.88. The van der Waals surface area contributed by atoms with Gasteiger partial charge in [0.15, 0.2) is 0 Å². The molecule has 1 aromatic rings. The lowest BCUT2D eigenvalue weighted by atomic mass is 10.0. The van der Waals surface area contributed by atoms with Crippen molar-refractivity contribution in [2.24, 2.45) is 0 Å². The third kappa shape index (κ3) is 3.73. The van der Waals surface area contributed by atoms with Gasteiger partial charge in [0.1, 0.15) is 0 Å². The van der Waals surface area contributed by atoms with E-state index in [1.54, 1.807) is 0 Å². The van der Waals surface area contributed by atoms with Gasteiger partial charge in [0.2, 0.25) is 11.8 Å². The molecule has 5 nitrogen and oxygen atoms in total. The summed E-state index contributed by atoms with van der Waals surface area (Å²) in [5.74, 6) is -0.271. The molecule has 0 fully saturated rings. The van der Waals surface area contributed by atoms with Gasteiger partial charge in [0.25, 0.3) is 0 Å². The lowest BCUT2D eigenvalue weighted by Gasteiger charge is -2.30. The summed E-state index contributed by atoms with van der Waals surface area (Å²) in [5, 5.41) is 5.31. The molecule has 5 heteroatoms. The lowest BCUT2D eigenvalue weighted by Crippen LogP contribution is -2.43. The number of nitrogens with zero attached hydrogens (tertiary/aromatic N) is 1. The van der Waals surface area contributed by atoms with Crippen LogP contribution in [0.15, 0.2) is 24.3 Å². The van der Waals surface area contributed by atoms with E-state index in [1.165, 1.54) is 5.56 Å². The fourth-order valence-corrected chi connectivity index (χ4v) is 2.44. The van der Waals surface area contributed by atoms with Crippen LogP contribution in [0.5, 0.6) is 0 Å². The van der Waals surface area contributed by atoms with Crippen molar-refractivity contribution < 1.29 is 9.59 Å². The Morgan fingerprint density at radius 3 is 2.80 bits per heavy atom. The molecule has 1 aliphatic rings. The smallest absolute Gasteiger partial charge is 0.239 e. The summed E-state index contributed by atoms with van der Waals surface area (Å²) in [5.41, 5.74) is 2.42. The van der Waals surface area contributed by atoms with Crippen LogP contribution in [0, 0.1) is 0 Å². The van der Waals surface area contributed by atoms with Crippen LogP contribution in [0.3, 0.4) is 0 Å². The molecule has 0 atom stereocenters. The first kappa shape index (κ1) is 14.4. The van der Waals surface area contributed by atoms with Gasteiger partial charge in [-0.15, -0.1) is 0 Å². The summed E-state index contributed by atoms with van der Waals surface area (Å²) in [7, 11) is 0. The van der Waals surface area contributed by atoms with Gasteiger partial charge in [0.05, 0.1) is 13.1 Å². The summed E-state index contributed by atoms with van der Waals surface area (Å²) in [6, 6.07) is 8.17. The molecule has 2 N–H and O–H groups in total. The minimum Gasteiger partial charge on any atom is -0.362 e. The Bertz CT molecular complexity index is 488. The quantitative estimate of drug-likeness (QED) is 0.831. The molecule has 1 heterocycles. The van der Waals surface area contributed by atoms with Gasteiger partial charge in [0, 0.05) is 18.8 Å². The van der Waals surface area contributed by atoms with Gasteiger partial charge < -0.3 is 15.5 Å². The summed E-state index contributed by atoms with van der Waals surface area (Å²) in [4.78, 5) is 25.3. The number of benzene rings is 1. The fraction of sp³-hybridized carbons (Fsp3) is 0.467. The molecule has 0 radical (unpaired) electrons. The zero-order chi connectivity index (χ0) is 14.4. The highest BCUT2D eigenvalue weighted by atomic mass is 16.2. The van der Waals surface area contributed by atoms with E-state index in [0.717, 1.165) is 25.1 Å². The molecule has 0 saturated heterocycles. The molecule has 0 aromatic heterocycles. The van der Waals surface area contributed by atoms with Gasteiger partial charge in [-0.1, -0.05) is 18.2 Å². The van der Waals surface area contributed by atoms with Crippen LogP contribution < -0.4 is 15.5 Å². The maximum Gasteiger partial charge on any atom is 0.239 e. The van der Waals surface area contributed by atoms with Crippen molar-refractivity contribution in [1.82, 2.24) is 10.6 Å². The molecule has 1 aliphatic heterocycles. The number of carbonyl (C=O) groups excluding carboxylic acids is 2. The summed E-state index contributed by atoms with van der Waals surface area (Å²) in [6.07, 6.45) is 2.12. The Kier molecular flexibility index (Phi) is 4.98. The van der Waals surface area contributed by atoms with E-state index < -0.39 is 0 Å². The van der Waals surface area contributed by atoms with Gasteiger partial charge in [-0.3, -0.25) is 9.59 Å². The molecule has 0 unspecified atom stereocenters. The number of rotatable bonds is 5. The summed E-state index contributed by atoms with van der Waals surface area (Å²) >= 11 is 0. The maximum atomic E-state index is 11.9. The van der Waals surface area contributed by atoms with E-state index in [2.05, 4.69) is 21.6 Å². The van der Waals surface area contributed by atoms with Crippen LogP contribution >= 0.6 is 0 Å². The largest absolute Gasteiger partial charge is 0.362 e. The monoisotopic (exact) mass is 275 g/mol. The van der Waals surface area contributed by atoms with Crippen LogP contribution in [-0.2, 0) is 16.0 Å². The average Bonchev–Trinajstić information content (AvgIpc) is 2.46. The summed E-state index contributed by atoms with van der Waals surface area (Å²) < 4.78 is 0. The van der Waals surface area contributed by atoms with Crippen LogP contribution in [0.1, 0.15) is 18.9 Å². The number of anilines is 1. The fourth-order valence-electron chi connectivity index (χ4n) is 2.44. The number of carbonyl (C=O) groups is 2. The van der Waals surface area contributed by atoms with Crippen molar-refractivity contribution in [3.05, 3.63) is 29.8 Å². The second kappa shape index (κ2) is 6.93. The molecule has 108 valence electrons. The Balaban J connectivity index is 1.88. The standard InChI is InChI=1S/C15H21N3O2/c1-2-16-14(19)10-17-15(20)11-18-9-5-7-12-6-3-4-8-13(12)18/h3-4,6,8H,2,5,7,9-11H2,1H3,(H,16,19)(H,17,20). The van der Waals surface area contributed by atoms with Crippen LogP contribution in [0.4, 0.5) is 5.69 Å². The Hall–Kier alpha value is -2.04.